The summed E-state index contributed by atoms with van der Waals surface area (Å²) in [6.07, 6.45) is 3.57. The van der Waals surface area contributed by atoms with Crippen LogP contribution in [0.4, 0.5) is 4.79 Å². The minimum atomic E-state index is -0.913. The van der Waals surface area contributed by atoms with Crippen LogP contribution >= 0.6 is 0 Å². The van der Waals surface area contributed by atoms with Crippen LogP contribution in [-0.4, -0.2) is 23.8 Å². The molecule has 19 heavy (non-hydrogen) atoms. The first-order valence-corrected chi connectivity index (χ1v) is 6.98. The van der Waals surface area contributed by atoms with Gasteiger partial charge in [0.1, 0.15) is 0 Å². The lowest BCUT2D eigenvalue weighted by Crippen LogP contribution is -2.36. The third-order valence-electron chi connectivity index (χ3n) is 3.83. The van der Waals surface area contributed by atoms with Crippen molar-refractivity contribution in [2.45, 2.75) is 38.3 Å². The molecular formula is C15H22N2O2. The van der Waals surface area contributed by atoms with E-state index in [-0.39, 0.29) is 0 Å². The van der Waals surface area contributed by atoms with E-state index < -0.39 is 6.09 Å². The zero-order chi connectivity index (χ0) is 13.5. The van der Waals surface area contributed by atoms with E-state index in [9.17, 15) is 4.79 Å². The summed E-state index contributed by atoms with van der Waals surface area (Å²) in [5.74, 6) is 0.505. The van der Waals surface area contributed by atoms with E-state index in [0.717, 1.165) is 32.2 Å². The molecule has 1 aromatic carbocycles. The molecule has 104 valence electrons. The summed E-state index contributed by atoms with van der Waals surface area (Å²) in [6, 6.07) is 11.0. The molecule has 1 saturated carbocycles. The molecule has 1 aliphatic rings. The Labute approximate surface area is 114 Å². The zero-order valence-electron chi connectivity index (χ0n) is 11.1. The van der Waals surface area contributed by atoms with Crippen LogP contribution < -0.4 is 10.6 Å². The predicted octanol–water partition coefficient (Wildman–Crippen LogP) is 2.60. The van der Waals surface area contributed by atoms with Gasteiger partial charge >= 0.3 is 6.09 Å². The predicted molar refractivity (Wildman–Crippen MR) is 75.1 cm³/mol. The average Bonchev–Trinajstić information content (AvgIpc) is 2.45. The van der Waals surface area contributed by atoms with Crippen LogP contribution in [0.1, 0.15) is 31.2 Å². The second-order valence-electron chi connectivity index (χ2n) is 5.27. The molecule has 0 atom stereocenters. The van der Waals surface area contributed by atoms with Crippen molar-refractivity contribution in [3.63, 3.8) is 0 Å². The fourth-order valence-corrected chi connectivity index (χ4v) is 2.66. The lowest BCUT2D eigenvalue weighted by atomic mass is 9.86. The van der Waals surface area contributed by atoms with Gasteiger partial charge in [-0.25, -0.2) is 4.79 Å². The second-order valence-corrected chi connectivity index (χ2v) is 5.27. The van der Waals surface area contributed by atoms with Gasteiger partial charge in [0.05, 0.1) is 0 Å². The van der Waals surface area contributed by atoms with Crippen LogP contribution in [0.25, 0.3) is 0 Å². The van der Waals surface area contributed by atoms with Crippen LogP contribution in [-0.2, 0) is 6.54 Å². The molecule has 4 nitrogen and oxygen atoms in total. The van der Waals surface area contributed by atoms with Gasteiger partial charge in [-0.05, 0) is 37.2 Å². The molecule has 0 saturated heterocycles. The Kier molecular flexibility index (Phi) is 5.21. The summed E-state index contributed by atoms with van der Waals surface area (Å²) in [7, 11) is 0. The van der Waals surface area contributed by atoms with Crippen molar-refractivity contribution in [3.8, 4) is 0 Å². The topological polar surface area (TPSA) is 61.4 Å². The maximum absolute atomic E-state index is 10.4. The van der Waals surface area contributed by atoms with Gasteiger partial charge in [-0.15, -0.1) is 0 Å². The lowest BCUT2D eigenvalue weighted by Gasteiger charge is -2.29. The van der Waals surface area contributed by atoms with Crippen molar-refractivity contribution in [1.82, 2.24) is 10.6 Å². The monoisotopic (exact) mass is 262 g/mol. The first-order chi connectivity index (χ1) is 9.24. The number of benzene rings is 1. The molecule has 1 aromatic rings. The van der Waals surface area contributed by atoms with Gasteiger partial charge in [0.25, 0.3) is 0 Å². The van der Waals surface area contributed by atoms with Gasteiger partial charge in [0, 0.05) is 19.1 Å². The Balaban J connectivity index is 1.65. The van der Waals surface area contributed by atoms with Crippen LogP contribution in [0.2, 0.25) is 0 Å². The molecule has 0 spiro atoms. The summed E-state index contributed by atoms with van der Waals surface area (Å²) in [6.45, 7) is 1.52. The van der Waals surface area contributed by atoms with Gasteiger partial charge in [-0.3, -0.25) is 0 Å². The Morgan fingerprint density at radius 3 is 2.47 bits per heavy atom. The molecule has 1 aliphatic carbocycles. The Bertz CT molecular complexity index is 386. The van der Waals surface area contributed by atoms with Crippen LogP contribution in [0.15, 0.2) is 30.3 Å². The van der Waals surface area contributed by atoms with Crippen molar-refractivity contribution in [3.05, 3.63) is 35.9 Å². The molecule has 1 amide bonds. The van der Waals surface area contributed by atoms with E-state index in [1.807, 2.05) is 6.07 Å². The van der Waals surface area contributed by atoms with E-state index >= 15 is 0 Å². The molecular weight excluding hydrogens is 240 g/mol. The highest BCUT2D eigenvalue weighted by Crippen LogP contribution is 2.23. The lowest BCUT2D eigenvalue weighted by molar-refractivity contribution is 0.189. The van der Waals surface area contributed by atoms with Gasteiger partial charge in [-0.2, -0.15) is 0 Å². The SMILES string of the molecule is O=C(O)NC[C@H]1CC[C@@H](NCc2ccccc2)CC1. The van der Waals surface area contributed by atoms with Crippen LogP contribution in [0.5, 0.6) is 0 Å². The summed E-state index contributed by atoms with van der Waals surface area (Å²) < 4.78 is 0. The minimum Gasteiger partial charge on any atom is -0.465 e. The zero-order valence-corrected chi connectivity index (χ0v) is 11.1. The molecule has 3 N–H and O–H groups in total. The molecule has 0 unspecified atom stereocenters. The number of amides is 1. The van der Waals surface area contributed by atoms with Crippen molar-refractivity contribution < 1.29 is 9.90 Å². The number of nitrogens with one attached hydrogen (secondary N) is 2. The normalized spacial score (nSPS) is 22.9. The number of carboxylic acid groups (broad SMARTS) is 1. The average molecular weight is 262 g/mol. The van der Waals surface area contributed by atoms with Crippen molar-refractivity contribution in [2.75, 3.05) is 6.54 Å². The molecule has 0 radical (unpaired) electrons. The number of carbonyl (C=O) groups is 1. The Morgan fingerprint density at radius 2 is 1.84 bits per heavy atom. The van der Waals surface area contributed by atoms with Crippen LogP contribution in [0.3, 0.4) is 0 Å². The number of hydrogen-bond donors (Lipinski definition) is 3. The fourth-order valence-electron chi connectivity index (χ4n) is 2.66. The van der Waals surface area contributed by atoms with Crippen LogP contribution in [0, 0.1) is 5.92 Å². The van der Waals surface area contributed by atoms with Gasteiger partial charge in [0.15, 0.2) is 0 Å². The van der Waals surface area contributed by atoms with E-state index in [1.165, 1.54) is 5.56 Å². The molecule has 1 fully saturated rings. The fraction of sp³-hybridized carbons (Fsp3) is 0.533. The summed E-state index contributed by atoms with van der Waals surface area (Å²) >= 11 is 0. The highest BCUT2D eigenvalue weighted by molar-refractivity contribution is 5.64. The molecule has 2 rings (SSSR count). The second kappa shape index (κ2) is 7.14. The summed E-state index contributed by atoms with van der Waals surface area (Å²) in [5, 5.41) is 14.7. The largest absolute Gasteiger partial charge is 0.465 e. The third-order valence-corrected chi connectivity index (χ3v) is 3.83. The van der Waals surface area contributed by atoms with E-state index in [2.05, 4.69) is 34.9 Å². The standard InChI is InChI=1S/C15H22N2O2/c18-15(19)17-11-13-6-8-14(9-7-13)16-10-12-4-2-1-3-5-12/h1-5,13-14,16-17H,6-11H2,(H,18,19)/t13-,14+. The van der Waals surface area contributed by atoms with E-state index in [0.29, 0.717) is 18.5 Å². The summed E-state index contributed by atoms with van der Waals surface area (Å²) in [5.41, 5.74) is 1.32. The maximum Gasteiger partial charge on any atom is 0.404 e. The number of hydrogen-bond acceptors (Lipinski definition) is 2. The van der Waals surface area contributed by atoms with Crippen molar-refractivity contribution in [1.29, 1.82) is 0 Å². The first-order valence-electron chi connectivity index (χ1n) is 6.98. The maximum atomic E-state index is 10.4. The molecule has 4 heteroatoms. The Morgan fingerprint density at radius 1 is 1.16 bits per heavy atom. The van der Waals surface area contributed by atoms with E-state index in [1.54, 1.807) is 0 Å². The van der Waals surface area contributed by atoms with Gasteiger partial charge < -0.3 is 15.7 Å². The molecule has 0 bridgehead atoms. The highest BCUT2D eigenvalue weighted by Gasteiger charge is 2.20. The molecule has 0 aliphatic heterocycles. The van der Waals surface area contributed by atoms with Gasteiger partial charge in [0.2, 0.25) is 0 Å². The molecule has 0 aromatic heterocycles. The quantitative estimate of drug-likeness (QED) is 0.764. The highest BCUT2D eigenvalue weighted by atomic mass is 16.4. The Hall–Kier alpha value is -1.55. The smallest absolute Gasteiger partial charge is 0.404 e. The van der Waals surface area contributed by atoms with Gasteiger partial charge in [-0.1, -0.05) is 30.3 Å². The first kappa shape index (κ1) is 13.9. The third kappa shape index (κ3) is 4.91. The number of rotatable bonds is 5. The van der Waals surface area contributed by atoms with E-state index in [4.69, 9.17) is 5.11 Å². The van der Waals surface area contributed by atoms with Crippen molar-refractivity contribution >= 4 is 6.09 Å². The van der Waals surface area contributed by atoms with Crippen molar-refractivity contribution in [2.24, 2.45) is 5.92 Å². The minimum absolute atomic E-state index is 0.505. The summed E-state index contributed by atoms with van der Waals surface area (Å²) in [4.78, 5) is 10.4. The molecule has 0 heterocycles.